The smallest absolute Gasteiger partial charge is 0.330 e. The SMILES string of the molecule is O=C(/C=C/c1ccc(O)c(O)c1)OCCCCCCCCOC(=O)/C=C/c1ccc(O)c(O)c1. The van der Waals surface area contributed by atoms with Crippen molar-refractivity contribution >= 4 is 24.1 Å². The van der Waals surface area contributed by atoms with Crippen LogP contribution in [0.25, 0.3) is 12.2 Å². The molecule has 2 aromatic carbocycles. The average Bonchev–Trinajstić information content (AvgIpc) is 2.81. The highest BCUT2D eigenvalue weighted by atomic mass is 16.5. The van der Waals surface area contributed by atoms with Crippen molar-refractivity contribution < 1.29 is 39.5 Å². The van der Waals surface area contributed by atoms with E-state index in [2.05, 4.69) is 0 Å². The molecule has 8 heteroatoms. The van der Waals surface area contributed by atoms with Crippen molar-refractivity contribution in [1.82, 2.24) is 0 Å². The molecule has 0 aliphatic heterocycles. The monoisotopic (exact) mass is 470 g/mol. The molecular weight excluding hydrogens is 440 g/mol. The number of carbonyl (C=O) groups is 2. The van der Waals surface area contributed by atoms with Crippen LogP contribution >= 0.6 is 0 Å². The minimum Gasteiger partial charge on any atom is -0.504 e. The maximum Gasteiger partial charge on any atom is 0.330 e. The highest BCUT2D eigenvalue weighted by Crippen LogP contribution is 2.26. The van der Waals surface area contributed by atoms with Gasteiger partial charge in [-0.25, -0.2) is 9.59 Å². The Kier molecular flexibility index (Phi) is 11.0. The molecule has 34 heavy (non-hydrogen) atoms. The van der Waals surface area contributed by atoms with Gasteiger partial charge in [0.25, 0.3) is 0 Å². The molecule has 8 nitrogen and oxygen atoms in total. The number of carbonyl (C=O) groups excluding carboxylic acids is 2. The Morgan fingerprint density at radius 1 is 0.588 bits per heavy atom. The zero-order valence-electron chi connectivity index (χ0n) is 18.9. The number of esters is 2. The number of hydrogen-bond donors (Lipinski definition) is 4. The van der Waals surface area contributed by atoms with E-state index in [0.717, 1.165) is 38.5 Å². The van der Waals surface area contributed by atoms with Gasteiger partial charge in [-0.15, -0.1) is 0 Å². The second kappa shape index (κ2) is 14.3. The third-order valence-electron chi connectivity index (χ3n) is 4.85. The summed E-state index contributed by atoms with van der Waals surface area (Å²) in [5, 5.41) is 37.4. The van der Waals surface area contributed by atoms with Crippen molar-refractivity contribution in [3.05, 3.63) is 59.7 Å². The first-order valence-corrected chi connectivity index (χ1v) is 11.1. The molecule has 0 saturated heterocycles. The van der Waals surface area contributed by atoms with Crippen LogP contribution in [0, 0.1) is 0 Å². The normalized spacial score (nSPS) is 11.2. The number of ether oxygens (including phenoxy) is 2. The summed E-state index contributed by atoms with van der Waals surface area (Å²) < 4.78 is 10.3. The lowest BCUT2D eigenvalue weighted by Crippen LogP contribution is -2.03. The number of benzene rings is 2. The molecule has 0 unspecified atom stereocenters. The predicted molar refractivity (Wildman–Crippen MR) is 127 cm³/mol. The Morgan fingerprint density at radius 3 is 1.35 bits per heavy atom. The van der Waals surface area contributed by atoms with Crippen molar-refractivity contribution in [1.29, 1.82) is 0 Å². The Hall–Kier alpha value is -3.94. The summed E-state index contributed by atoms with van der Waals surface area (Å²) in [6.07, 6.45) is 10.9. The second-order valence-corrected chi connectivity index (χ2v) is 7.62. The van der Waals surface area contributed by atoms with E-state index in [0.29, 0.717) is 24.3 Å². The summed E-state index contributed by atoms with van der Waals surface area (Å²) in [4.78, 5) is 23.4. The van der Waals surface area contributed by atoms with Crippen LogP contribution in [-0.4, -0.2) is 45.6 Å². The molecular formula is C26H30O8. The van der Waals surface area contributed by atoms with Gasteiger partial charge in [0, 0.05) is 12.2 Å². The number of aromatic hydroxyl groups is 4. The van der Waals surface area contributed by atoms with Gasteiger partial charge < -0.3 is 29.9 Å². The fraction of sp³-hybridized carbons (Fsp3) is 0.308. The minimum absolute atomic E-state index is 0.220. The number of phenols is 4. The van der Waals surface area contributed by atoms with Gasteiger partial charge in [-0.05, 0) is 60.4 Å². The fourth-order valence-electron chi connectivity index (χ4n) is 2.97. The van der Waals surface area contributed by atoms with Crippen molar-refractivity contribution in [2.45, 2.75) is 38.5 Å². The molecule has 0 bridgehead atoms. The predicted octanol–water partition coefficient (Wildman–Crippen LogP) is 4.66. The summed E-state index contributed by atoms with van der Waals surface area (Å²) in [6.45, 7) is 0.652. The molecule has 0 aromatic heterocycles. The minimum atomic E-state index is -0.467. The molecule has 0 radical (unpaired) electrons. The van der Waals surface area contributed by atoms with Gasteiger partial charge in [-0.1, -0.05) is 37.8 Å². The van der Waals surface area contributed by atoms with Crippen LogP contribution in [0.15, 0.2) is 48.6 Å². The van der Waals surface area contributed by atoms with E-state index in [1.165, 1.54) is 48.6 Å². The summed E-state index contributed by atoms with van der Waals surface area (Å²) in [6, 6.07) is 8.52. The molecule has 2 aromatic rings. The molecule has 0 fully saturated rings. The molecule has 182 valence electrons. The van der Waals surface area contributed by atoms with E-state index >= 15 is 0 Å². The largest absolute Gasteiger partial charge is 0.504 e. The van der Waals surface area contributed by atoms with Crippen molar-refractivity contribution in [3.63, 3.8) is 0 Å². The van der Waals surface area contributed by atoms with Crippen LogP contribution in [0.1, 0.15) is 49.7 Å². The molecule has 4 N–H and O–H groups in total. The van der Waals surface area contributed by atoms with E-state index in [4.69, 9.17) is 9.47 Å². The molecule has 0 aliphatic carbocycles. The zero-order valence-corrected chi connectivity index (χ0v) is 18.9. The van der Waals surface area contributed by atoms with Crippen LogP contribution < -0.4 is 0 Å². The third kappa shape index (κ3) is 10.1. The molecule has 0 amide bonds. The van der Waals surface area contributed by atoms with Crippen LogP contribution in [0.5, 0.6) is 23.0 Å². The van der Waals surface area contributed by atoms with Gasteiger partial charge in [0.15, 0.2) is 23.0 Å². The van der Waals surface area contributed by atoms with Crippen LogP contribution in [-0.2, 0) is 19.1 Å². The van der Waals surface area contributed by atoms with Crippen molar-refractivity contribution in [2.75, 3.05) is 13.2 Å². The lowest BCUT2D eigenvalue weighted by molar-refractivity contribution is -0.138. The van der Waals surface area contributed by atoms with Gasteiger partial charge in [0.2, 0.25) is 0 Å². The van der Waals surface area contributed by atoms with Gasteiger partial charge in [-0.2, -0.15) is 0 Å². The summed E-state index contributed by atoms with van der Waals surface area (Å²) in [5.74, 6) is -1.88. The maximum absolute atomic E-state index is 11.7. The van der Waals surface area contributed by atoms with Gasteiger partial charge >= 0.3 is 11.9 Å². The van der Waals surface area contributed by atoms with Crippen LogP contribution in [0.2, 0.25) is 0 Å². The van der Waals surface area contributed by atoms with Crippen LogP contribution in [0.3, 0.4) is 0 Å². The summed E-state index contributed by atoms with van der Waals surface area (Å²) >= 11 is 0. The molecule has 0 aliphatic rings. The Morgan fingerprint density at radius 2 is 0.971 bits per heavy atom. The second-order valence-electron chi connectivity index (χ2n) is 7.62. The lowest BCUT2D eigenvalue weighted by atomic mass is 10.1. The first kappa shape index (κ1) is 26.3. The topological polar surface area (TPSA) is 134 Å². The first-order chi connectivity index (χ1) is 16.3. The quantitative estimate of drug-likeness (QED) is 0.144. The van der Waals surface area contributed by atoms with Crippen molar-refractivity contribution in [2.24, 2.45) is 0 Å². The molecule has 0 atom stereocenters. The Balaban J connectivity index is 1.46. The van der Waals surface area contributed by atoms with E-state index in [9.17, 15) is 30.0 Å². The molecule has 2 rings (SSSR count). The molecule has 0 heterocycles. The van der Waals surface area contributed by atoms with Crippen LogP contribution in [0.4, 0.5) is 0 Å². The fourth-order valence-corrected chi connectivity index (χ4v) is 2.97. The average molecular weight is 471 g/mol. The van der Waals surface area contributed by atoms with Gasteiger partial charge in [0.1, 0.15) is 0 Å². The highest BCUT2D eigenvalue weighted by Gasteiger charge is 2.02. The Labute approximate surface area is 198 Å². The molecule has 0 spiro atoms. The summed E-state index contributed by atoms with van der Waals surface area (Å²) in [7, 11) is 0. The van der Waals surface area contributed by atoms with Crippen molar-refractivity contribution in [3.8, 4) is 23.0 Å². The van der Waals surface area contributed by atoms with E-state index in [-0.39, 0.29) is 23.0 Å². The van der Waals surface area contributed by atoms with E-state index in [1.54, 1.807) is 12.1 Å². The number of rotatable bonds is 13. The number of unbranched alkanes of at least 4 members (excludes halogenated alkanes) is 5. The third-order valence-corrected chi connectivity index (χ3v) is 4.85. The van der Waals surface area contributed by atoms with E-state index in [1.807, 2.05) is 0 Å². The highest BCUT2D eigenvalue weighted by molar-refractivity contribution is 5.87. The van der Waals surface area contributed by atoms with Gasteiger partial charge in [-0.3, -0.25) is 0 Å². The lowest BCUT2D eigenvalue weighted by Gasteiger charge is -2.04. The number of phenolic OH excluding ortho intramolecular Hbond substituents is 4. The Bertz CT molecular complexity index is 928. The first-order valence-electron chi connectivity index (χ1n) is 11.1. The molecule has 0 saturated carbocycles. The zero-order chi connectivity index (χ0) is 24.8. The van der Waals surface area contributed by atoms with E-state index < -0.39 is 11.9 Å². The number of hydrogen-bond acceptors (Lipinski definition) is 8. The maximum atomic E-state index is 11.7. The van der Waals surface area contributed by atoms with Gasteiger partial charge in [0.05, 0.1) is 13.2 Å². The standard InChI is InChI=1S/C26H30O8/c27-21-11-7-19(17-23(21)29)9-13-25(31)33-15-5-3-1-2-4-6-16-34-26(32)14-10-20-8-12-22(28)24(30)18-20/h7-14,17-18,27-30H,1-6,15-16H2/b13-9+,14-10+. The summed E-state index contributed by atoms with van der Waals surface area (Å²) in [5.41, 5.74) is 1.15.